The van der Waals surface area contributed by atoms with Crippen LogP contribution in [0.4, 0.5) is 5.69 Å². The van der Waals surface area contributed by atoms with Gasteiger partial charge in [-0.25, -0.2) is 0 Å². The molecule has 8 heteroatoms. The monoisotopic (exact) mass is 353 g/mol. The summed E-state index contributed by atoms with van der Waals surface area (Å²) >= 11 is 3.21. The predicted octanol–water partition coefficient (Wildman–Crippen LogP) is 2.89. The number of nitro groups is 1. The number of aryl methyl sites for hydroxylation is 2. The van der Waals surface area contributed by atoms with Gasteiger partial charge in [0.15, 0.2) is 0 Å². The van der Waals surface area contributed by atoms with E-state index in [1.54, 1.807) is 13.8 Å². The van der Waals surface area contributed by atoms with Crippen LogP contribution >= 0.6 is 15.9 Å². The van der Waals surface area contributed by atoms with Gasteiger partial charge in [-0.2, -0.15) is 0 Å². The van der Waals surface area contributed by atoms with Crippen molar-refractivity contribution >= 4 is 27.5 Å². The van der Waals surface area contributed by atoms with Crippen molar-refractivity contribution in [2.75, 3.05) is 0 Å². The first-order valence-corrected chi connectivity index (χ1v) is 6.83. The number of aromatic nitrogens is 1. The molecule has 1 amide bonds. The molecule has 2 aromatic rings. The topological polar surface area (TPSA) is 98.3 Å². The molecule has 1 aromatic heterocycles. The first-order chi connectivity index (χ1) is 9.90. The molecule has 0 atom stereocenters. The first kappa shape index (κ1) is 15.2. The quantitative estimate of drug-likeness (QED) is 0.672. The van der Waals surface area contributed by atoms with E-state index in [0.29, 0.717) is 15.9 Å². The summed E-state index contributed by atoms with van der Waals surface area (Å²) in [6.45, 7) is 3.78. The fraction of sp³-hybridized carbons (Fsp3) is 0.231. The Hall–Kier alpha value is -2.22. The zero-order valence-electron chi connectivity index (χ0n) is 11.3. The Morgan fingerprint density at radius 1 is 1.48 bits per heavy atom. The Morgan fingerprint density at radius 3 is 2.76 bits per heavy atom. The highest BCUT2D eigenvalue weighted by atomic mass is 79.9. The van der Waals surface area contributed by atoms with Crippen LogP contribution in [0.15, 0.2) is 27.2 Å². The third kappa shape index (κ3) is 3.27. The molecule has 2 rings (SSSR count). The molecule has 0 unspecified atom stereocenters. The van der Waals surface area contributed by atoms with E-state index in [-0.39, 0.29) is 17.8 Å². The minimum atomic E-state index is -0.544. The molecule has 1 aromatic carbocycles. The number of nitro benzene ring substituents is 1. The molecule has 0 spiro atoms. The van der Waals surface area contributed by atoms with Crippen molar-refractivity contribution in [1.29, 1.82) is 0 Å². The molecule has 7 nitrogen and oxygen atoms in total. The van der Waals surface area contributed by atoms with Gasteiger partial charge in [0, 0.05) is 28.7 Å². The van der Waals surface area contributed by atoms with Crippen molar-refractivity contribution in [1.82, 2.24) is 10.5 Å². The van der Waals surface area contributed by atoms with Crippen LogP contribution in [0, 0.1) is 24.0 Å². The highest BCUT2D eigenvalue weighted by Gasteiger charge is 2.16. The third-order valence-corrected chi connectivity index (χ3v) is 3.70. The number of benzene rings is 1. The summed E-state index contributed by atoms with van der Waals surface area (Å²) in [6, 6.07) is 4.03. The number of carbonyl (C=O) groups is 1. The standard InChI is InChI=1S/C13H12BrN3O4/c1-7-11(8(2)21-16-7)6-15-13(18)10-5-9(17(19)20)3-4-12(10)14/h3-5H,6H2,1-2H3,(H,15,18). The van der Waals surface area contributed by atoms with Gasteiger partial charge < -0.3 is 9.84 Å². The van der Waals surface area contributed by atoms with E-state index < -0.39 is 10.8 Å². The molecule has 0 saturated carbocycles. The average molecular weight is 354 g/mol. The highest BCUT2D eigenvalue weighted by molar-refractivity contribution is 9.10. The lowest BCUT2D eigenvalue weighted by molar-refractivity contribution is -0.384. The number of amides is 1. The fourth-order valence-electron chi connectivity index (χ4n) is 1.82. The summed E-state index contributed by atoms with van der Waals surface area (Å²) in [5.74, 6) is 0.219. The van der Waals surface area contributed by atoms with E-state index in [4.69, 9.17) is 4.52 Å². The van der Waals surface area contributed by atoms with E-state index >= 15 is 0 Å². The molecule has 1 heterocycles. The zero-order chi connectivity index (χ0) is 15.6. The Balaban J connectivity index is 2.17. The van der Waals surface area contributed by atoms with Gasteiger partial charge in [0.1, 0.15) is 5.76 Å². The number of nitrogens with one attached hydrogen (secondary N) is 1. The van der Waals surface area contributed by atoms with Gasteiger partial charge in [-0.15, -0.1) is 0 Å². The SMILES string of the molecule is Cc1noc(C)c1CNC(=O)c1cc([N+](=O)[O-])ccc1Br. The number of halogens is 1. The number of carbonyl (C=O) groups excluding carboxylic acids is 1. The second-order valence-corrected chi connectivity index (χ2v) is 5.26. The molecule has 21 heavy (non-hydrogen) atoms. The van der Waals surface area contributed by atoms with Gasteiger partial charge in [-0.3, -0.25) is 14.9 Å². The van der Waals surface area contributed by atoms with Gasteiger partial charge in [-0.05, 0) is 35.8 Å². The van der Waals surface area contributed by atoms with Crippen LogP contribution in [-0.4, -0.2) is 16.0 Å². The lowest BCUT2D eigenvalue weighted by Crippen LogP contribution is -2.23. The van der Waals surface area contributed by atoms with E-state index in [2.05, 4.69) is 26.4 Å². The second kappa shape index (κ2) is 6.04. The predicted molar refractivity (Wildman–Crippen MR) is 77.9 cm³/mol. The van der Waals surface area contributed by atoms with Crippen LogP contribution in [0.5, 0.6) is 0 Å². The molecular weight excluding hydrogens is 342 g/mol. The summed E-state index contributed by atoms with van der Waals surface area (Å²) in [5, 5.41) is 17.3. The second-order valence-electron chi connectivity index (χ2n) is 4.41. The van der Waals surface area contributed by atoms with Crippen molar-refractivity contribution in [3.05, 3.63) is 55.4 Å². The maximum absolute atomic E-state index is 12.1. The van der Waals surface area contributed by atoms with Crippen LogP contribution in [0.2, 0.25) is 0 Å². The first-order valence-electron chi connectivity index (χ1n) is 6.04. The summed E-state index contributed by atoms with van der Waals surface area (Å²) in [7, 11) is 0. The number of nitrogens with zero attached hydrogens (tertiary/aromatic N) is 2. The van der Waals surface area contributed by atoms with Crippen LogP contribution in [-0.2, 0) is 6.54 Å². The van der Waals surface area contributed by atoms with Crippen LogP contribution < -0.4 is 5.32 Å². The molecule has 0 aliphatic rings. The van der Waals surface area contributed by atoms with Crippen molar-refractivity contribution in [3.8, 4) is 0 Å². The summed E-state index contributed by atoms with van der Waals surface area (Å²) < 4.78 is 5.50. The maximum Gasteiger partial charge on any atom is 0.270 e. The lowest BCUT2D eigenvalue weighted by Gasteiger charge is -2.06. The highest BCUT2D eigenvalue weighted by Crippen LogP contribution is 2.22. The van der Waals surface area contributed by atoms with Gasteiger partial charge in [0.2, 0.25) is 0 Å². The van der Waals surface area contributed by atoms with E-state index in [9.17, 15) is 14.9 Å². The number of non-ortho nitro benzene ring substituents is 1. The van der Waals surface area contributed by atoms with Crippen molar-refractivity contribution in [2.45, 2.75) is 20.4 Å². The third-order valence-electron chi connectivity index (χ3n) is 3.01. The fourth-order valence-corrected chi connectivity index (χ4v) is 2.25. The molecule has 0 fully saturated rings. The van der Waals surface area contributed by atoms with Gasteiger partial charge in [0.05, 0.1) is 16.2 Å². The maximum atomic E-state index is 12.1. The van der Waals surface area contributed by atoms with Crippen LogP contribution in [0.3, 0.4) is 0 Å². The smallest absolute Gasteiger partial charge is 0.270 e. The molecule has 0 aliphatic carbocycles. The molecule has 0 radical (unpaired) electrons. The summed E-state index contributed by atoms with van der Waals surface area (Å²) in [4.78, 5) is 22.4. The minimum Gasteiger partial charge on any atom is -0.361 e. The Labute approximate surface area is 128 Å². The van der Waals surface area contributed by atoms with Crippen molar-refractivity contribution in [3.63, 3.8) is 0 Å². The van der Waals surface area contributed by atoms with Gasteiger partial charge in [-0.1, -0.05) is 5.16 Å². The lowest BCUT2D eigenvalue weighted by atomic mass is 10.1. The molecule has 0 aliphatic heterocycles. The zero-order valence-corrected chi connectivity index (χ0v) is 12.9. The number of hydrogen-bond acceptors (Lipinski definition) is 5. The van der Waals surface area contributed by atoms with Gasteiger partial charge >= 0.3 is 0 Å². The van der Waals surface area contributed by atoms with E-state index in [0.717, 1.165) is 5.56 Å². The van der Waals surface area contributed by atoms with Gasteiger partial charge in [0.25, 0.3) is 11.6 Å². The van der Waals surface area contributed by atoms with Crippen LogP contribution in [0.1, 0.15) is 27.4 Å². The largest absolute Gasteiger partial charge is 0.361 e. The van der Waals surface area contributed by atoms with Crippen LogP contribution in [0.25, 0.3) is 0 Å². The Bertz CT molecular complexity index is 692. The molecule has 0 bridgehead atoms. The number of hydrogen-bond donors (Lipinski definition) is 1. The summed E-state index contributed by atoms with van der Waals surface area (Å²) in [5.41, 5.74) is 1.56. The van der Waals surface area contributed by atoms with Crippen molar-refractivity contribution in [2.24, 2.45) is 0 Å². The average Bonchev–Trinajstić information content (AvgIpc) is 2.75. The number of rotatable bonds is 4. The normalized spacial score (nSPS) is 10.4. The van der Waals surface area contributed by atoms with E-state index in [1.807, 2.05) is 0 Å². The molecule has 1 N–H and O–H groups in total. The molecule has 110 valence electrons. The molecule has 0 saturated heterocycles. The van der Waals surface area contributed by atoms with Crippen molar-refractivity contribution < 1.29 is 14.2 Å². The Kier molecular flexibility index (Phi) is 4.37. The minimum absolute atomic E-state index is 0.138. The van der Waals surface area contributed by atoms with E-state index in [1.165, 1.54) is 18.2 Å². The molecular formula is C13H12BrN3O4. The summed E-state index contributed by atoms with van der Waals surface area (Å²) in [6.07, 6.45) is 0. The Morgan fingerprint density at radius 2 is 2.19 bits per heavy atom.